The second-order valence-corrected chi connectivity index (χ2v) is 8.95. The predicted octanol–water partition coefficient (Wildman–Crippen LogP) is 2.85. The van der Waals surface area contributed by atoms with Gasteiger partial charge in [0.05, 0.1) is 17.1 Å². The second kappa shape index (κ2) is 8.50. The van der Waals surface area contributed by atoms with Crippen molar-refractivity contribution in [3.05, 3.63) is 51.4 Å². The van der Waals surface area contributed by atoms with E-state index in [-0.39, 0.29) is 34.7 Å². The summed E-state index contributed by atoms with van der Waals surface area (Å²) in [6, 6.07) is 5.35. The number of carbonyl (C=O) groups excluding carboxylic acids is 1. The first-order chi connectivity index (χ1) is 15.5. The number of carbonyl (C=O) groups is 1. The molecular weight excluding hydrogens is 406 g/mol. The van der Waals surface area contributed by atoms with E-state index in [9.17, 15) is 9.59 Å². The van der Waals surface area contributed by atoms with Crippen LogP contribution < -0.4 is 16.4 Å². The average Bonchev–Trinajstić information content (AvgIpc) is 3.32. The normalized spacial score (nSPS) is 19.6. The Hall–Kier alpha value is -3.00. The highest BCUT2D eigenvalue weighted by Gasteiger charge is 2.24. The number of amides is 1. The fraction of sp³-hybridized carbons (Fsp3) is 0.500. The number of ether oxygens (including phenoxy) is 1. The van der Waals surface area contributed by atoms with Gasteiger partial charge in [-0.25, -0.2) is 4.98 Å². The smallest absolute Gasteiger partial charge is 0.267 e. The predicted molar refractivity (Wildman–Crippen MR) is 121 cm³/mol. The van der Waals surface area contributed by atoms with Crippen LogP contribution in [0.3, 0.4) is 0 Å². The van der Waals surface area contributed by atoms with Crippen molar-refractivity contribution in [3.63, 3.8) is 0 Å². The fourth-order valence-electron chi connectivity index (χ4n) is 5.03. The summed E-state index contributed by atoms with van der Waals surface area (Å²) >= 11 is 0. The van der Waals surface area contributed by atoms with Crippen molar-refractivity contribution >= 4 is 22.6 Å². The van der Waals surface area contributed by atoms with Gasteiger partial charge in [-0.05, 0) is 50.3 Å². The first kappa shape index (κ1) is 20.9. The van der Waals surface area contributed by atoms with Crippen molar-refractivity contribution < 1.29 is 9.53 Å². The lowest BCUT2D eigenvalue weighted by atomic mass is 9.94. The number of nitrogens with one attached hydrogen (secondary N) is 2. The highest BCUT2D eigenvalue weighted by atomic mass is 16.5. The van der Waals surface area contributed by atoms with Crippen molar-refractivity contribution in [1.29, 1.82) is 5.41 Å². The molecule has 32 heavy (non-hydrogen) atoms. The second-order valence-electron chi connectivity index (χ2n) is 8.95. The number of hydrogen-bond acceptors (Lipinski definition) is 5. The number of pyridine rings is 2. The van der Waals surface area contributed by atoms with Crippen LogP contribution in [0.15, 0.2) is 29.2 Å². The van der Waals surface area contributed by atoms with Gasteiger partial charge in [-0.1, -0.05) is 25.3 Å². The van der Waals surface area contributed by atoms with Gasteiger partial charge in [0.2, 0.25) is 0 Å². The molecule has 1 amide bonds. The van der Waals surface area contributed by atoms with Gasteiger partial charge in [0.25, 0.3) is 11.5 Å². The summed E-state index contributed by atoms with van der Waals surface area (Å²) in [5.41, 5.74) is 2.10. The van der Waals surface area contributed by atoms with Gasteiger partial charge in [-0.3, -0.25) is 19.4 Å². The molecule has 0 unspecified atom stereocenters. The molecule has 1 aliphatic heterocycles. The Bertz CT molecular complexity index is 1300. The number of nitrogens with zero attached hydrogens (tertiary/aromatic N) is 3. The van der Waals surface area contributed by atoms with Crippen molar-refractivity contribution in [3.8, 4) is 0 Å². The Morgan fingerprint density at radius 3 is 2.78 bits per heavy atom. The monoisotopic (exact) mass is 435 g/mol. The first-order valence-electron chi connectivity index (χ1n) is 11.6. The summed E-state index contributed by atoms with van der Waals surface area (Å²) < 4.78 is 8.97. The van der Waals surface area contributed by atoms with Gasteiger partial charge in [0.15, 0.2) is 0 Å². The molecule has 3 aromatic heterocycles. The van der Waals surface area contributed by atoms with Crippen LogP contribution in [0, 0.1) is 12.3 Å². The molecule has 1 saturated carbocycles. The van der Waals surface area contributed by atoms with Gasteiger partial charge in [-0.15, -0.1) is 0 Å². The van der Waals surface area contributed by atoms with Gasteiger partial charge in [0.1, 0.15) is 16.8 Å². The van der Waals surface area contributed by atoms with Crippen molar-refractivity contribution in [2.75, 3.05) is 13.2 Å². The van der Waals surface area contributed by atoms with Gasteiger partial charge < -0.3 is 14.6 Å². The molecule has 0 spiro atoms. The van der Waals surface area contributed by atoms with E-state index in [1.54, 1.807) is 12.3 Å². The van der Waals surface area contributed by atoms with Crippen LogP contribution in [-0.4, -0.2) is 39.1 Å². The van der Waals surface area contributed by atoms with Crippen LogP contribution in [0.1, 0.15) is 66.9 Å². The number of fused-ring (bicyclic) bond motifs is 2. The topological polar surface area (TPSA) is 101 Å². The van der Waals surface area contributed by atoms with Crippen LogP contribution in [0.2, 0.25) is 0 Å². The van der Waals surface area contributed by atoms with Crippen LogP contribution in [0.4, 0.5) is 0 Å². The molecule has 8 nitrogen and oxygen atoms in total. The third-order valence-corrected chi connectivity index (χ3v) is 6.78. The lowest BCUT2D eigenvalue weighted by Gasteiger charge is -2.26. The third kappa shape index (κ3) is 3.62. The van der Waals surface area contributed by atoms with E-state index in [2.05, 4.69) is 5.32 Å². The Morgan fingerprint density at radius 2 is 2.03 bits per heavy atom. The van der Waals surface area contributed by atoms with Crippen LogP contribution in [0.25, 0.3) is 16.7 Å². The summed E-state index contributed by atoms with van der Waals surface area (Å²) in [5, 5.41) is 12.2. The minimum Gasteiger partial charge on any atom is -0.376 e. The van der Waals surface area contributed by atoms with E-state index < -0.39 is 0 Å². The highest BCUT2D eigenvalue weighted by molar-refractivity contribution is 5.96. The van der Waals surface area contributed by atoms with Crippen LogP contribution in [-0.2, 0) is 4.74 Å². The standard InChI is InChI=1S/C24H29N5O3/c1-15-7-5-11-28-21(15)27-22-19(24(28)31)13-18(23(30)26-14-17-10-6-12-32-17)20(25)29(22)16-8-3-2-4-9-16/h5,7,11,13,16-17,25H,2-4,6,8-10,12,14H2,1H3,(H,26,30)/t17-/m1/s1. The highest BCUT2D eigenvalue weighted by Crippen LogP contribution is 2.29. The van der Waals surface area contributed by atoms with Crippen molar-refractivity contribution in [1.82, 2.24) is 19.3 Å². The zero-order valence-electron chi connectivity index (χ0n) is 18.4. The van der Waals surface area contributed by atoms with E-state index in [0.29, 0.717) is 23.2 Å². The molecule has 1 saturated heterocycles. The summed E-state index contributed by atoms with van der Waals surface area (Å²) in [4.78, 5) is 31.4. The molecule has 2 fully saturated rings. The maximum atomic E-state index is 13.4. The van der Waals surface area contributed by atoms with E-state index in [0.717, 1.165) is 50.7 Å². The van der Waals surface area contributed by atoms with Crippen molar-refractivity contribution in [2.45, 2.75) is 64.0 Å². The zero-order chi connectivity index (χ0) is 22.2. The minimum atomic E-state index is -0.342. The molecular formula is C24H29N5O3. The number of aryl methyl sites for hydroxylation is 1. The number of rotatable bonds is 4. The molecule has 2 aliphatic rings. The minimum absolute atomic E-state index is 0.0123. The Labute approximate surface area is 185 Å². The lowest BCUT2D eigenvalue weighted by Crippen LogP contribution is -2.39. The Morgan fingerprint density at radius 1 is 1.22 bits per heavy atom. The van der Waals surface area contributed by atoms with Gasteiger partial charge in [-0.2, -0.15) is 0 Å². The summed E-state index contributed by atoms with van der Waals surface area (Å²) in [7, 11) is 0. The molecule has 2 N–H and O–H groups in total. The molecule has 168 valence electrons. The van der Waals surface area contributed by atoms with E-state index in [1.807, 2.05) is 23.6 Å². The molecule has 0 bridgehead atoms. The summed E-state index contributed by atoms with van der Waals surface area (Å²) in [6.45, 7) is 3.05. The molecule has 1 atom stereocenters. The van der Waals surface area contributed by atoms with Crippen molar-refractivity contribution in [2.24, 2.45) is 0 Å². The fourth-order valence-corrected chi connectivity index (χ4v) is 5.03. The maximum Gasteiger partial charge on any atom is 0.267 e. The van der Waals surface area contributed by atoms with Gasteiger partial charge >= 0.3 is 0 Å². The summed E-state index contributed by atoms with van der Waals surface area (Å²) in [5.74, 6) is -0.342. The van der Waals surface area contributed by atoms with E-state index in [1.165, 1.54) is 10.8 Å². The maximum absolute atomic E-state index is 13.4. The lowest BCUT2D eigenvalue weighted by molar-refractivity contribution is 0.0855. The molecule has 0 aromatic carbocycles. The molecule has 1 aliphatic carbocycles. The third-order valence-electron chi connectivity index (χ3n) is 6.78. The number of hydrogen-bond donors (Lipinski definition) is 2. The molecule has 8 heteroatoms. The van der Waals surface area contributed by atoms with Crippen LogP contribution in [0.5, 0.6) is 0 Å². The van der Waals surface area contributed by atoms with E-state index in [4.69, 9.17) is 15.1 Å². The Kier molecular flexibility index (Phi) is 5.55. The number of aromatic nitrogens is 3. The molecule has 5 rings (SSSR count). The molecule has 0 radical (unpaired) electrons. The SMILES string of the molecule is Cc1cccn2c(=O)c3cc(C(=O)NC[C@H]4CCCO4)c(=N)n(C4CCCCC4)c3nc12. The Balaban J connectivity index is 1.69. The van der Waals surface area contributed by atoms with Crippen LogP contribution >= 0.6 is 0 Å². The quantitative estimate of drug-likeness (QED) is 0.615. The molecule has 3 aromatic rings. The molecule has 4 heterocycles. The van der Waals surface area contributed by atoms with E-state index >= 15 is 0 Å². The average molecular weight is 436 g/mol. The zero-order valence-corrected chi connectivity index (χ0v) is 18.4. The summed E-state index contributed by atoms with van der Waals surface area (Å²) in [6.07, 6.45) is 8.78. The van der Waals surface area contributed by atoms with Gasteiger partial charge in [0, 0.05) is 25.4 Å². The largest absolute Gasteiger partial charge is 0.376 e. The first-order valence-corrected chi connectivity index (χ1v) is 11.6.